The van der Waals surface area contributed by atoms with Crippen LogP contribution in [0.5, 0.6) is 0 Å². The average molecular weight is 309 g/mol. The van der Waals surface area contributed by atoms with E-state index in [1.807, 2.05) is 42.5 Å². The van der Waals surface area contributed by atoms with Gasteiger partial charge in [0.15, 0.2) is 0 Å². The normalized spacial score (nSPS) is 17.0. The van der Waals surface area contributed by atoms with Crippen LogP contribution in [0.4, 0.5) is 11.4 Å². The van der Waals surface area contributed by atoms with Crippen LogP contribution in [0.25, 0.3) is 0 Å². The summed E-state index contributed by atoms with van der Waals surface area (Å²) in [6.45, 7) is 2.50. The van der Waals surface area contributed by atoms with Crippen LogP contribution in [0.15, 0.2) is 54.6 Å². The summed E-state index contributed by atoms with van der Waals surface area (Å²) in [4.78, 5) is 14.5. The summed E-state index contributed by atoms with van der Waals surface area (Å²) in [5, 5.41) is 6.34. The Balaban J connectivity index is 1.73. The minimum Gasteiger partial charge on any atom is -0.369 e. The summed E-state index contributed by atoms with van der Waals surface area (Å²) >= 11 is 0. The largest absolute Gasteiger partial charge is 0.369 e. The Hall–Kier alpha value is -2.33. The number of benzene rings is 2. The minimum atomic E-state index is 0.0717. The van der Waals surface area contributed by atoms with E-state index in [0.717, 1.165) is 37.4 Å². The first kappa shape index (κ1) is 15.6. The highest BCUT2D eigenvalue weighted by atomic mass is 16.1. The van der Waals surface area contributed by atoms with Gasteiger partial charge in [-0.15, -0.1) is 0 Å². The van der Waals surface area contributed by atoms with Crippen LogP contribution in [0.3, 0.4) is 0 Å². The topological polar surface area (TPSA) is 44.4 Å². The quantitative estimate of drug-likeness (QED) is 0.892. The molecule has 0 spiro atoms. The van der Waals surface area contributed by atoms with Crippen molar-refractivity contribution in [2.24, 2.45) is 5.92 Å². The molecule has 4 heteroatoms. The second-order valence-corrected chi connectivity index (χ2v) is 6.04. The fourth-order valence-electron chi connectivity index (χ4n) is 2.97. The van der Waals surface area contributed by atoms with Gasteiger partial charge in [-0.2, -0.15) is 0 Å². The van der Waals surface area contributed by atoms with Gasteiger partial charge in [-0.25, -0.2) is 0 Å². The molecule has 1 fully saturated rings. The van der Waals surface area contributed by atoms with Crippen molar-refractivity contribution in [2.75, 3.05) is 30.4 Å². The fraction of sp³-hybridized carbons (Fsp3) is 0.316. The van der Waals surface area contributed by atoms with Crippen molar-refractivity contribution in [3.05, 3.63) is 60.2 Å². The average Bonchev–Trinajstić information content (AvgIpc) is 3.11. The molecule has 0 aromatic heterocycles. The number of hydrogen-bond acceptors (Lipinski definition) is 3. The van der Waals surface area contributed by atoms with Crippen LogP contribution in [-0.4, -0.2) is 26.0 Å². The Morgan fingerprint density at radius 2 is 1.91 bits per heavy atom. The van der Waals surface area contributed by atoms with Crippen LogP contribution < -0.4 is 15.5 Å². The molecule has 1 aliphatic heterocycles. The number of hydrogen-bond donors (Lipinski definition) is 2. The van der Waals surface area contributed by atoms with E-state index >= 15 is 0 Å². The smallest absolute Gasteiger partial charge is 0.228 e. The lowest BCUT2D eigenvalue weighted by molar-refractivity contribution is -0.119. The predicted molar refractivity (Wildman–Crippen MR) is 94.6 cm³/mol. The molecule has 120 valence electrons. The molecule has 0 radical (unpaired) electrons. The first-order chi connectivity index (χ1) is 11.2. The summed E-state index contributed by atoms with van der Waals surface area (Å²) < 4.78 is 0. The first-order valence-corrected chi connectivity index (χ1v) is 8.10. The highest BCUT2D eigenvalue weighted by Crippen LogP contribution is 2.26. The van der Waals surface area contributed by atoms with Crippen molar-refractivity contribution >= 4 is 17.3 Å². The lowest BCUT2D eigenvalue weighted by Gasteiger charge is -2.23. The molecule has 1 saturated heterocycles. The molecule has 2 N–H and O–H groups in total. The fourth-order valence-corrected chi connectivity index (χ4v) is 2.97. The molecule has 23 heavy (non-hydrogen) atoms. The highest BCUT2D eigenvalue weighted by Gasteiger charge is 2.23. The van der Waals surface area contributed by atoms with Gasteiger partial charge in [0.05, 0.1) is 17.3 Å². The van der Waals surface area contributed by atoms with Gasteiger partial charge in [-0.1, -0.05) is 42.5 Å². The molecule has 1 heterocycles. The number of nitrogens with zero attached hydrogens (tertiary/aromatic N) is 1. The zero-order valence-electron chi connectivity index (χ0n) is 13.5. The maximum atomic E-state index is 12.4. The van der Waals surface area contributed by atoms with Gasteiger partial charge in [0.2, 0.25) is 5.91 Å². The van der Waals surface area contributed by atoms with E-state index in [1.165, 1.54) is 5.56 Å². The van der Waals surface area contributed by atoms with E-state index in [4.69, 9.17) is 0 Å². The Morgan fingerprint density at radius 3 is 2.65 bits per heavy atom. The number of carbonyl (C=O) groups excluding carboxylic acids is 1. The van der Waals surface area contributed by atoms with E-state index in [0.29, 0.717) is 0 Å². The van der Waals surface area contributed by atoms with Crippen molar-refractivity contribution in [1.29, 1.82) is 0 Å². The maximum absolute atomic E-state index is 12.4. The summed E-state index contributed by atoms with van der Waals surface area (Å²) in [5.41, 5.74) is 3.16. The first-order valence-electron chi connectivity index (χ1n) is 8.10. The summed E-state index contributed by atoms with van der Waals surface area (Å²) in [5.74, 6) is 0.179. The van der Waals surface area contributed by atoms with Gasteiger partial charge in [0, 0.05) is 20.1 Å². The van der Waals surface area contributed by atoms with E-state index in [2.05, 4.69) is 34.7 Å². The molecular formula is C19H23N3O. The van der Waals surface area contributed by atoms with Crippen LogP contribution in [0.2, 0.25) is 0 Å². The molecule has 1 unspecified atom stereocenters. The number of anilines is 2. The number of para-hydroxylation sites is 2. The number of amides is 1. The molecule has 0 saturated carbocycles. The summed E-state index contributed by atoms with van der Waals surface area (Å²) in [7, 11) is 2.05. The van der Waals surface area contributed by atoms with E-state index < -0.39 is 0 Å². The Kier molecular flexibility index (Phi) is 4.93. The van der Waals surface area contributed by atoms with Gasteiger partial charge in [-0.05, 0) is 30.7 Å². The van der Waals surface area contributed by atoms with E-state index in [9.17, 15) is 4.79 Å². The van der Waals surface area contributed by atoms with Gasteiger partial charge in [-0.3, -0.25) is 4.79 Å². The molecule has 1 atom stereocenters. The third-order valence-electron chi connectivity index (χ3n) is 4.27. The Bertz CT molecular complexity index is 651. The van der Waals surface area contributed by atoms with Crippen LogP contribution in [0, 0.1) is 5.92 Å². The van der Waals surface area contributed by atoms with Gasteiger partial charge >= 0.3 is 0 Å². The SMILES string of the molecule is CN(Cc1ccccc1)c1ccccc1NC(=O)C1CCNC1. The van der Waals surface area contributed by atoms with Crippen LogP contribution in [0.1, 0.15) is 12.0 Å². The monoisotopic (exact) mass is 309 g/mol. The molecule has 3 rings (SSSR count). The van der Waals surface area contributed by atoms with Gasteiger partial charge in [0.25, 0.3) is 0 Å². The lowest BCUT2D eigenvalue weighted by Crippen LogP contribution is -2.26. The molecule has 2 aromatic rings. The molecule has 0 bridgehead atoms. The van der Waals surface area contributed by atoms with Crippen molar-refractivity contribution < 1.29 is 4.79 Å². The zero-order valence-corrected chi connectivity index (χ0v) is 13.5. The number of carbonyl (C=O) groups is 1. The number of nitrogens with one attached hydrogen (secondary N) is 2. The van der Waals surface area contributed by atoms with Crippen LogP contribution in [-0.2, 0) is 11.3 Å². The van der Waals surface area contributed by atoms with Crippen molar-refractivity contribution in [3.8, 4) is 0 Å². The maximum Gasteiger partial charge on any atom is 0.228 e. The molecule has 1 amide bonds. The second kappa shape index (κ2) is 7.29. The molecule has 1 aliphatic rings. The van der Waals surface area contributed by atoms with Crippen molar-refractivity contribution in [1.82, 2.24) is 5.32 Å². The highest BCUT2D eigenvalue weighted by molar-refractivity contribution is 5.96. The zero-order chi connectivity index (χ0) is 16.1. The van der Waals surface area contributed by atoms with E-state index in [1.54, 1.807) is 0 Å². The van der Waals surface area contributed by atoms with E-state index in [-0.39, 0.29) is 11.8 Å². The van der Waals surface area contributed by atoms with Gasteiger partial charge in [0.1, 0.15) is 0 Å². The number of rotatable bonds is 5. The van der Waals surface area contributed by atoms with Crippen LogP contribution >= 0.6 is 0 Å². The molecule has 4 nitrogen and oxygen atoms in total. The van der Waals surface area contributed by atoms with Crippen molar-refractivity contribution in [2.45, 2.75) is 13.0 Å². The molecular weight excluding hydrogens is 286 g/mol. The summed E-state index contributed by atoms with van der Waals surface area (Å²) in [6, 6.07) is 18.3. The predicted octanol–water partition coefficient (Wildman–Crippen LogP) is 2.87. The lowest BCUT2D eigenvalue weighted by atomic mass is 10.1. The molecule has 2 aromatic carbocycles. The van der Waals surface area contributed by atoms with Crippen molar-refractivity contribution in [3.63, 3.8) is 0 Å². The summed E-state index contributed by atoms with van der Waals surface area (Å²) in [6.07, 6.45) is 0.911. The van der Waals surface area contributed by atoms with Gasteiger partial charge < -0.3 is 15.5 Å². The third kappa shape index (κ3) is 3.90. The Labute approximate surface area is 137 Å². The molecule has 0 aliphatic carbocycles. The third-order valence-corrected chi connectivity index (χ3v) is 4.27. The standard InChI is InChI=1S/C19H23N3O/c1-22(14-15-7-3-2-4-8-15)18-10-6-5-9-17(18)21-19(23)16-11-12-20-13-16/h2-10,16,20H,11-14H2,1H3,(H,21,23). The second-order valence-electron chi connectivity index (χ2n) is 6.04. The Morgan fingerprint density at radius 1 is 1.17 bits per heavy atom. The minimum absolute atomic E-state index is 0.0717.